The fourth-order valence-corrected chi connectivity index (χ4v) is 0.963. The molecule has 0 saturated carbocycles. The zero-order valence-corrected chi connectivity index (χ0v) is 13.4. The molecule has 0 N–H and O–H groups in total. The van der Waals surface area contributed by atoms with Crippen LogP contribution in [-0.4, -0.2) is 0 Å². The Bertz CT molecular complexity index is 599. The van der Waals surface area contributed by atoms with Crippen molar-refractivity contribution < 1.29 is 0 Å². The first kappa shape index (κ1) is 17.6. The molecule has 0 spiro atoms. The summed E-state index contributed by atoms with van der Waals surface area (Å²) in [6.07, 6.45) is 0. The van der Waals surface area contributed by atoms with Crippen LogP contribution in [0.5, 0.6) is 0 Å². The van der Waals surface area contributed by atoms with Gasteiger partial charge in [-0.05, 0) is 52.7 Å². The van der Waals surface area contributed by atoms with Crippen molar-refractivity contribution in [3.63, 3.8) is 0 Å². The molecular formula is C20H22. The molecule has 0 aliphatic heterocycles. The van der Waals surface area contributed by atoms with Gasteiger partial charge in [0.25, 0.3) is 0 Å². The third-order valence-corrected chi connectivity index (χ3v) is 2.49. The first-order valence-electron chi connectivity index (χ1n) is 6.46. The van der Waals surface area contributed by atoms with Gasteiger partial charge in [0, 0.05) is 22.3 Å². The van der Waals surface area contributed by atoms with Gasteiger partial charge in [-0.2, -0.15) is 0 Å². The smallest absolute Gasteiger partial charge is 0.0106 e. The second kappa shape index (κ2) is 8.69. The average molecular weight is 262 g/mol. The maximum atomic E-state index is 3.76. The average Bonchev–Trinajstić information content (AvgIpc) is 2.38. The molecule has 0 rings (SSSR count). The SMILES string of the molecule is C=C(C)C#C/C(C)=C(\C)C#C/C(C)=C(\C)C#CC(=C)C. The largest absolute Gasteiger partial charge is 0.0877 e. The molecule has 0 aliphatic carbocycles. The summed E-state index contributed by atoms with van der Waals surface area (Å²) in [6, 6.07) is 0. The lowest BCUT2D eigenvalue weighted by atomic mass is 10.1. The molecule has 20 heavy (non-hydrogen) atoms. The first-order valence-corrected chi connectivity index (χ1v) is 6.46. The molecule has 0 nitrogen and oxygen atoms in total. The zero-order valence-electron chi connectivity index (χ0n) is 13.4. The van der Waals surface area contributed by atoms with E-state index in [4.69, 9.17) is 0 Å². The summed E-state index contributed by atoms with van der Waals surface area (Å²) >= 11 is 0. The highest BCUT2D eigenvalue weighted by atomic mass is 13.9. The molecule has 0 radical (unpaired) electrons. The highest BCUT2D eigenvalue weighted by molar-refractivity contribution is 5.49. The summed E-state index contributed by atoms with van der Waals surface area (Å²) in [5.41, 5.74) is 5.59. The first-order chi connectivity index (χ1) is 9.23. The van der Waals surface area contributed by atoms with Crippen molar-refractivity contribution >= 4 is 0 Å². The molecule has 0 saturated heterocycles. The van der Waals surface area contributed by atoms with E-state index in [9.17, 15) is 0 Å². The molecule has 0 amide bonds. The normalized spacial score (nSPS) is 11.3. The van der Waals surface area contributed by atoms with Crippen LogP contribution in [0.1, 0.15) is 41.5 Å². The van der Waals surface area contributed by atoms with Crippen molar-refractivity contribution in [2.45, 2.75) is 41.5 Å². The van der Waals surface area contributed by atoms with Crippen molar-refractivity contribution in [1.29, 1.82) is 0 Å². The van der Waals surface area contributed by atoms with Gasteiger partial charge in [-0.3, -0.25) is 0 Å². The van der Waals surface area contributed by atoms with Crippen molar-refractivity contribution in [1.82, 2.24) is 0 Å². The molecule has 0 heteroatoms. The molecule has 0 fully saturated rings. The molecule has 0 heterocycles. The summed E-state index contributed by atoms with van der Waals surface area (Å²) in [5, 5.41) is 0. The Labute approximate surface area is 124 Å². The Morgan fingerprint density at radius 3 is 0.850 bits per heavy atom. The van der Waals surface area contributed by atoms with E-state index in [2.05, 4.69) is 48.7 Å². The third-order valence-electron chi connectivity index (χ3n) is 2.49. The second-order valence-corrected chi connectivity index (χ2v) is 4.81. The van der Waals surface area contributed by atoms with Crippen molar-refractivity contribution in [3.8, 4) is 35.5 Å². The monoisotopic (exact) mass is 262 g/mol. The highest BCUT2D eigenvalue weighted by Gasteiger charge is 1.91. The Morgan fingerprint density at radius 2 is 0.650 bits per heavy atom. The lowest BCUT2D eigenvalue weighted by Gasteiger charge is -1.94. The highest BCUT2D eigenvalue weighted by Crippen LogP contribution is 2.04. The maximum absolute atomic E-state index is 3.76. The van der Waals surface area contributed by atoms with Crippen LogP contribution >= 0.6 is 0 Å². The van der Waals surface area contributed by atoms with E-state index < -0.39 is 0 Å². The number of hydrogen-bond acceptors (Lipinski definition) is 0. The van der Waals surface area contributed by atoms with E-state index in [1.807, 2.05) is 41.5 Å². The molecular weight excluding hydrogens is 240 g/mol. The van der Waals surface area contributed by atoms with Gasteiger partial charge in [0.15, 0.2) is 0 Å². The number of hydrogen-bond donors (Lipinski definition) is 0. The number of rotatable bonds is 0. The Morgan fingerprint density at radius 1 is 0.450 bits per heavy atom. The summed E-state index contributed by atoms with van der Waals surface area (Å²) < 4.78 is 0. The van der Waals surface area contributed by atoms with Crippen LogP contribution in [0.3, 0.4) is 0 Å². The standard InChI is InChI=1S/C20H22/c1-15(2)9-11-17(5)19(7)13-14-20(8)18(6)12-10-16(3)4/h1,3H2,2,4-8H3/b19-17+,20-18+. The van der Waals surface area contributed by atoms with Crippen molar-refractivity contribution in [3.05, 3.63) is 46.6 Å². The Hall–Kier alpha value is -2.36. The molecule has 0 bridgehead atoms. The molecule has 0 atom stereocenters. The molecule has 0 aromatic carbocycles. The second-order valence-electron chi connectivity index (χ2n) is 4.81. The molecule has 0 aliphatic rings. The Balaban J connectivity index is 5.28. The van der Waals surface area contributed by atoms with Gasteiger partial charge in [0.1, 0.15) is 0 Å². The molecule has 0 unspecified atom stereocenters. The van der Waals surface area contributed by atoms with Crippen molar-refractivity contribution in [2.24, 2.45) is 0 Å². The summed E-state index contributed by atoms with van der Waals surface area (Å²) in [4.78, 5) is 0. The summed E-state index contributed by atoms with van der Waals surface area (Å²) in [5.74, 6) is 18.3. The topological polar surface area (TPSA) is 0 Å². The van der Waals surface area contributed by atoms with E-state index in [1.54, 1.807) is 0 Å². The lowest BCUT2D eigenvalue weighted by Crippen LogP contribution is -1.81. The van der Waals surface area contributed by atoms with E-state index in [1.165, 1.54) is 0 Å². The third kappa shape index (κ3) is 7.87. The van der Waals surface area contributed by atoms with Crippen LogP contribution < -0.4 is 0 Å². The molecule has 0 aromatic heterocycles. The predicted molar refractivity (Wildman–Crippen MR) is 89.7 cm³/mol. The van der Waals surface area contributed by atoms with Crippen LogP contribution in [0.15, 0.2) is 46.6 Å². The zero-order chi connectivity index (χ0) is 15.7. The van der Waals surface area contributed by atoms with Crippen LogP contribution in [0.2, 0.25) is 0 Å². The van der Waals surface area contributed by atoms with Gasteiger partial charge in [-0.1, -0.05) is 48.7 Å². The van der Waals surface area contributed by atoms with Crippen LogP contribution in [0.25, 0.3) is 0 Å². The van der Waals surface area contributed by atoms with Gasteiger partial charge in [-0.15, -0.1) is 0 Å². The van der Waals surface area contributed by atoms with Crippen LogP contribution in [0.4, 0.5) is 0 Å². The van der Waals surface area contributed by atoms with Crippen LogP contribution in [-0.2, 0) is 0 Å². The minimum absolute atomic E-state index is 0.854. The summed E-state index contributed by atoms with van der Waals surface area (Å²) in [7, 11) is 0. The van der Waals surface area contributed by atoms with E-state index >= 15 is 0 Å². The van der Waals surface area contributed by atoms with Gasteiger partial charge in [0.05, 0.1) is 0 Å². The van der Waals surface area contributed by atoms with Gasteiger partial charge in [0.2, 0.25) is 0 Å². The van der Waals surface area contributed by atoms with E-state index in [-0.39, 0.29) is 0 Å². The predicted octanol–water partition coefficient (Wildman–Crippen LogP) is 4.82. The number of allylic oxidation sites excluding steroid dienone is 6. The minimum Gasteiger partial charge on any atom is -0.0877 e. The fourth-order valence-electron chi connectivity index (χ4n) is 0.963. The van der Waals surface area contributed by atoms with Crippen LogP contribution in [0, 0.1) is 35.5 Å². The molecule has 0 aromatic rings. The van der Waals surface area contributed by atoms with Gasteiger partial charge in [-0.25, -0.2) is 0 Å². The van der Waals surface area contributed by atoms with Gasteiger partial charge >= 0.3 is 0 Å². The van der Waals surface area contributed by atoms with Gasteiger partial charge < -0.3 is 0 Å². The lowest BCUT2D eigenvalue weighted by molar-refractivity contribution is 1.41. The molecule has 102 valence electrons. The Kier molecular flexibility index (Phi) is 7.67. The van der Waals surface area contributed by atoms with Crippen molar-refractivity contribution in [2.75, 3.05) is 0 Å². The quantitative estimate of drug-likeness (QED) is 0.549. The van der Waals surface area contributed by atoms with E-state index in [0.29, 0.717) is 0 Å². The summed E-state index contributed by atoms with van der Waals surface area (Å²) in [6.45, 7) is 19.2. The van der Waals surface area contributed by atoms with E-state index in [0.717, 1.165) is 33.4 Å². The fraction of sp³-hybridized carbons (Fsp3) is 0.300. The minimum atomic E-state index is 0.854. The maximum Gasteiger partial charge on any atom is 0.0106 e.